The molecule has 0 amide bonds. The van der Waals surface area contributed by atoms with Gasteiger partial charge in [0.25, 0.3) is 0 Å². The third-order valence-corrected chi connectivity index (χ3v) is 1.87. The van der Waals surface area contributed by atoms with Gasteiger partial charge in [-0.3, -0.25) is 0 Å². The maximum absolute atomic E-state index is 3.95. The lowest BCUT2D eigenvalue weighted by atomic mass is 10.0. The van der Waals surface area contributed by atoms with Crippen LogP contribution in [0.1, 0.15) is 26.7 Å². The molecule has 0 aliphatic heterocycles. The lowest BCUT2D eigenvalue weighted by Crippen LogP contribution is -1.85. The molecule has 0 saturated carbocycles. The molecule has 14 heavy (non-hydrogen) atoms. The molecule has 0 fully saturated rings. The zero-order valence-corrected chi connectivity index (χ0v) is 9.34. The monoisotopic (exact) mass is 188 g/mol. The molecular formula is C14H20. The standard InChI is InChI=1S/C14H20/c1-6-8-10-13(5)11-14(9-7-2)12(3)4/h6,8,10-11H,1,3,5,7,9H2,2,4H3/b10-8-,14-11+. The molecule has 0 nitrogen and oxygen atoms in total. The van der Waals surface area contributed by atoms with Crippen LogP contribution in [0, 0.1) is 0 Å². The van der Waals surface area contributed by atoms with Crippen molar-refractivity contribution in [2.24, 2.45) is 0 Å². The Morgan fingerprint density at radius 2 is 1.93 bits per heavy atom. The van der Waals surface area contributed by atoms with Gasteiger partial charge in [0.1, 0.15) is 0 Å². The minimum Gasteiger partial charge on any atom is -0.0991 e. The van der Waals surface area contributed by atoms with E-state index in [-0.39, 0.29) is 0 Å². The molecule has 0 aliphatic carbocycles. The number of hydrogen-bond donors (Lipinski definition) is 0. The first-order valence-corrected chi connectivity index (χ1v) is 4.96. The van der Waals surface area contributed by atoms with E-state index in [4.69, 9.17) is 0 Å². The maximum atomic E-state index is 3.95. The van der Waals surface area contributed by atoms with Crippen molar-refractivity contribution in [1.82, 2.24) is 0 Å². The summed E-state index contributed by atoms with van der Waals surface area (Å²) in [5, 5.41) is 0. The summed E-state index contributed by atoms with van der Waals surface area (Å²) in [5.74, 6) is 0. The van der Waals surface area contributed by atoms with Crippen LogP contribution in [0.3, 0.4) is 0 Å². The maximum Gasteiger partial charge on any atom is -0.0279 e. The van der Waals surface area contributed by atoms with Crippen LogP contribution >= 0.6 is 0 Å². The molecule has 76 valence electrons. The second kappa shape index (κ2) is 7.14. The fourth-order valence-corrected chi connectivity index (χ4v) is 1.14. The van der Waals surface area contributed by atoms with Gasteiger partial charge >= 0.3 is 0 Å². The quantitative estimate of drug-likeness (QED) is 0.535. The number of allylic oxidation sites excluding steroid dienone is 7. The summed E-state index contributed by atoms with van der Waals surface area (Å²) in [6.07, 6.45) is 9.88. The lowest BCUT2D eigenvalue weighted by molar-refractivity contribution is 0.912. The Hall–Kier alpha value is -1.30. The normalized spacial score (nSPS) is 11.7. The van der Waals surface area contributed by atoms with E-state index >= 15 is 0 Å². The highest BCUT2D eigenvalue weighted by Crippen LogP contribution is 2.16. The van der Waals surface area contributed by atoms with E-state index in [2.05, 4.69) is 32.7 Å². The van der Waals surface area contributed by atoms with Crippen LogP contribution in [0.5, 0.6) is 0 Å². The summed E-state index contributed by atoms with van der Waals surface area (Å²) in [4.78, 5) is 0. The average Bonchev–Trinajstić information content (AvgIpc) is 2.14. The SMILES string of the molecule is C=C/C=C\C(=C)/C=C(\CCC)C(=C)C. The minimum absolute atomic E-state index is 0.997. The Morgan fingerprint density at radius 1 is 1.29 bits per heavy atom. The van der Waals surface area contributed by atoms with Crippen LogP contribution in [0.2, 0.25) is 0 Å². The second-order valence-electron chi connectivity index (χ2n) is 3.37. The molecule has 0 saturated heterocycles. The molecule has 0 aromatic carbocycles. The van der Waals surface area contributed by atoms with Gasteiger partial charge in [-0.1, -0.05) is 63.0 Å². The molecule has 0 unspecified atom stereocenters. The number of rotatable bonds is 6. The molecule has 0 atom stereocenters. The molecule has 0 heterocycles. The van der Waals surface area contributed by atoms with Crippen molar-refractivity contribution in [2.45, 2.75) is 26.7 Å². The summed E-state index contributed by atoms with van der Waals surface area (Å²) in [6.45, 7) is 15.7. The first-order valence-electron chi connectivity index (χ1n) is 4.96. The first kappa shape index (κ1) is 12.7. The van der Waals surface area contributed by atoms with Crippen molar-refractivity contribution in [3.8, 4) is 0 Å². The summed E-state index contributed by atoms with van der Waals surface area (Å²) >= 11 is 0. The number of hydrogen-bond acceptors (Lipinski definition) is 0. The fourth-order valence-electron chi connectivity index (χ4n) is 1.14. The van der Waals surface area contributed by atoms with Gasteiger partial charge in [-0.05, 0) is 24.5 Å². The largest absolute Gasteiger partial charge is 0.0991 e. The molecule has 0 rings (SSSR count). The highest BCUT2D eigenvalue weighted by molar-refractivity contribution is 5.38. The van der Waals surface area contributed by atoms with Gasteiger partial charge in [0.15, 0.2) is 0 Å². The van der Waals surface area contributed by atoms with Crippen LogP contribution in [-0.2, 0) is 0 Å². The smallest absolute Gasteiger partial charge is 0.0279 e. The average molecular weight is 188 g/mol. The van der Waals surface area contributed by atoms with Crippen molar-refractivity contribution in [3.63, 3.8) is 0 Å². The van der Waals surface area contributed by atoms with E-state index in [1.54, 1.807) is 6.08 Å². The van der Waals surface area contributed by atoms with E-state index in [0.29, 0.717) is 0 Å². The first-order chi connectivity index (χ1) is 6.61. The predicted molar refractivity (Wildman–Crippen MR) is 66.3 cm³/mol. The molecule has 0 radical (unpaired) electrons. The van der Waals surface area contributed by atoms with Gasteiger partial charge in [-0.15, -0.1) is 0 Å². The fraction of sp³-hybridized carbons (Fsp3) is 0.286. The third kappa shape index (κ3) is 5.36. The van der Waals surface area contributed by atoms with E-state index in [9.17, 15) is 0 Å². The Kier molecular flexibility index (Phi) is 6.47. The predicted octanol–water partition coefficient (Wildman–Crippen LogP) is 4.59. The van der Waals surface area contributed by atoms with Crippen molar-refractivity contribution >= 4 is 0 Å². The third-order valence-electron chi connectivity index (χ3n) is 1.87. The molecule has 0 N–H and O–H groups in total. The Morgan fingerprint density at radius 3 is 2.36 bits per heavy atom. The van der Waals surface area contributed by atoms with Crippen LogP contribution < -0.4 is 0 Å². The summed E-state index contributed by atoms with van der Waals surface area (Å²) in [7, 11) is 0. The molecular weight excluding hydrogens is 168 g/mol. The second-order valence-corrected chi connectivity index (χ2v) is 3.37. The van der Waals surface area contributed by atoms with Gasteiger partial charge in [0, 0.05) is 0 Å². The minimum atomic E-state index is 0.997. The van der Waals surface area contributed by atoms with Crippen molar-refractivity contribution in [3.05, 3.63) is 60.8 Å². The van der Waals surface area contributed by atoms with E-state index in [1.165, 1.54) is 5.57 Å². The van der Waals surface area contributed by atoms with Crippen LogP contribution in [0.15, 0.2) is 60.8 Å². The summed E-state index contributed by atoms with van der Waals surface area (Å²) < 4.78 is 0. The zero-order valence-electron chi connectivity index (χ0n) is 9.34. The van der Waals surface area contributed by atoms with Crippen molar-refractivity contribution < 1.29 is 0 Å². The van der Waals surface area contributed by atoms with E-state index in [1.807, 2.05) is 19.1 Å². The van der Waals surface area contributed by atoms with Gasteiger partial charge in [0.05, 0.1) is 0 Å². The highest BCUT2D eigenvalue weighted by Gasteiger charge is 1.96. The molecule has 0 spiro atoms. The molecule has 0 aromatic rings. The van der Waals surface area contributed by atoms with E-state index < -0.39 is 0 Å². The van der Waals surface area contributed by atoms with Crippen molar-refractivity contribution in [1.29, 1.82) is 0 Å². The van der Waals surface area contributed by atoms with Crippen molar-refractivity contribution in [2.75, 3.05) is 0 Å². The Balaban J connectivity index is 4.56. The molecule has 0 heteroatoms. The molecule has 0 bridgehead atoms. The van der Waals surface area contributed by atoms with Gasteiger partial charge in [0.2, 0.25) is 0 Å². The Bertz CT molecular complexity index is 274. The highest BCUT2D eigenvalue weighted by atomic mass is 14.0. The zero-order chi connectivity index (χ0) is 11.0. The van der Waals surface area contributed by atoms with Crippen LogP contribution in [0.4, 0.5) is 0 Å². The van der Waals surface area contributed by atoms with Gasteiger partial charge in [-0.2, -0.15) is 0 Å². The lowest BCUT2D eigenvalue weighted by Gasteiger charge is -2.04. The summed E-state index contributed by atoms with van der Waals surface area (Å²) in [5.41, 5.74) is 3.41. The Labute approximate surface area is 88.0 Å². The molecule has 0 aliphatic rings. The van der Waals surface area contributed by atoms with Gasteiger partial charge < -0.3 is 0 Å². The molecule has 0 aromatic heterocycles. The van der Waals surface area contributed by atoms with Crippen LogP contribution in [-0.4, -0.2) is 0 Å². The summed E-state index contributed by atoms with van der Waals surface area (Å²) in [6, 6.07) is 0. The van der Waals surface area contributed by atoms with Gasteiger partial charge in [-0.25, -0.2) is 0 Å². The van der Waals surface area contributed by atoms with Crippen LogP contribution in [0.25, 0.3) is 0 Å². The topological polar surface area (TPSA) is 0 Å². The van der Waals surface area contributed by atoms with E-state index in [0.717, 1.165) is 24.0 Å².